The number of hydrogen-bond donors (Lipinski definition) is 2. The molecule has 1 aromatic carbocycles. The normalized spacial score (nSPS) is 13.7. The number of benzene rings is 1. The van der Waals surface area contributed by atoms with E-state index in [4.69, 9.17) is 9.47 Å². The predicted molar refractivity (Wildman–Crippen MR) is 121 cm³/mol. The van der Waals surface area contributed by atoms with E-state index in [0.29, 0.717) is 26.8 Å². The fourth-order valence-electron chi connectivity index (χ4n) is 3.01. The molecule has 0 radical (unpaired) electrons. The van der Waals surface area contributed by atoms with Gasteiger partial charge in [-0.15, -0.1) is 11.3 Å². The summed E-state index contributed by atoms with van der Waals surface area (Å²) < 4.78 is 10.9. The van der Waals surface area contributed by atoms with Crippen molar-refractivity contribution in [2.45, 2.75) is 0 Å². The second-order valence-electron chi connectivity index (χ2n) is 6.44. The van der Waals surface area contributed by atoms with Crippen LogP contribution < -0.4 is 15.5 Å². The van der Waals surface area contributed by atoms with Gasteiger partial charge in [-0.1, -0.05) is 0 Å². The first-order chi connectivity index (χ1) is 14.6. The average Bonchev–Trinajstić information content (AvgIpc) is 3.25. The smallest absolute Gasteiger partial charge is 0.340 e. The fourth-order valence-corrected chi connectivity index (χ4v) is 4.07. The van der Waals surface area contributed by atoms with Crippen LogP contribution in [-0.4, -0.2) is 49.4 Å². The number of hydrogen-bond acceptors (Lipinski definition) is 9. The van der Waals surface area contributed by atoms with Crippen LogP contribution in [0.5, 0.6) is 0 Å². The van der Waals surface area contributed by atoms with Crippen LogP contribution in [0.4, 0.5) is 28.1 Å². The lowest BCUT2D eigenvalue weighted by Crippen LogP contribution is -2.36. The van der Waals surface area contributed by atoms with Gasteiger partial charge < -0.3 is 25.0 Å². The molecule has 0 amide bonds. The maximum Gasteiger partial charge on any atom is 0.340 e. The highest BCUT2D eigenvalue weighted by atomic mass is 79.9. The van der Waals surface area contributed by atoms with Crippen LogP contribution in [-0.2, 0) is 9.47 Å². The van der Waals surface area contributed by atoms with Crippen LogP contribution in [0.3, 0.4) is 0 Å². The molecule has 0 aliphatic carbocycles. The lowest BCUT2D eigenvalue weighted by Gasteiger charge is -2.28. The second kappa shape index (κ2) is 9.41. The highest BCUT2D eigenvalue weighted by Crippen LogP contribution is 2.31. The predicted octanol–water partition coefficient (Wildman–Crippen LogP) is 4.41. The highest BCUT2D eigenvalue weighted by Gasteiger charge is 2.16. The molecule has 1 aliphatic rings. The van der Waals surface area contributed by atoms with Gasteiger partial charge in [-0.25, -0.2) is 9.78 Å². The quantitative estimate of drug-likeness (QED) is 0.492. The van der Waals surface area contributed by atoms with Gasteiger partial charge in [-0.3, -0.25) is 0 Å². The van der Waals surface area contributed by atoms with Gasteiger partial charge in [0, 0.05) is 30.7 Å². The third-order valence-electron chi connectivity index (χ3n) is 4.55. The minimum absolute atomic E-state index is 0.400. The molecule has 30 heavy (non-hydrogen) atoms. The largest absolute Gasteiger partial charge is 0.465 e. The van der Waals surface area contributed by atoms with Gasteiger partial charge in [0.25, 0.3) is 0 Å². The molecule has 1 aliphatic heterocycles. The number of nitrogens with zero attached hydrogens (tertiary/aromatic N) is 3. The monoisotopic (exact) mass is 489 g/mol. The number of thiophene rings is 1. The van der Waals surface area contributed by atoms with Gasteiger partial charge >= 0.3 is 5.97 Å². The maximum atomic E-state index is 11.9. The number of ether oxygens (including phenoxy) is 2. The molecular formula is C20H20BrN5O3S. The molecule has 0 saturated carbocycles. The van der Waals surface area contributed by atoms with Crippen molar-refractivity contribution in [3.63, 3.8) is 0 Å². The lowest BCUT2D eigenvalue weighted by atomic mass is 10.2. The molecule has 3 heterocycles. The summed E-state index contributed by atoms with van der Waals surface area (Å²) in [6.07, 6.45) is 1.66. The van der Waals surface area contributed by atoms with Crippen LogP contribution in [0.1, 0.15) is 10.4 Å². The third kappa shape index (κ3) is 4.72. The molecule has 3 aromatic rings. The highest BCUT2D eigenvalue weighted by molar-refractivity contribution is 9.10. The van der Waals surface area contributed by atoms with Crippen molar-refractivity contribution < 1.29 is 14.3 Å². The molecule has 0 atom stereocenters. The van der Waals surface area contributed by atoms with Crippen molar-refractivity contribution in [3.8, 4) is 0 Å². The molecule has 1 saturated heterocycles. The number of morpholine rings is 1. The molecule has 1 fully saturated rings. The Kier molecular flexibility index (Phi) is 6.46. The molecule has 8 nitrogen and oxygen atoms in total. The maximum absolute atomic E-state index is 11.9. The van der Waals surface area contributed by atoms with Gasteiger partial charge in [-0.05, 0) is 51.6 Å². The molecule has 0 bridgehead atoms. The standard InChI is InChI=1S/C20H20BrN5O3S/c1-28-19(27)15-6-11-30-18(15)24-17-16(21)12-22-20(25-17)23-13-2-4-14(5-3-13)26-7-9-29-10-8-26/h2-6,11-12H,7-10H2,1H3,(H2,22,23,24,25). The van der Waals surface area contributed by atoms with Crippen LogP contribution in [0.15, 0.2) is 46.4 Å². The molecule has 0 unspecified atom stereocenters. The van der Waals surface area contributed by atoms with Gasteiger partial charge in [0.2, 0.25) is 5.95 Å². The van der Waals surface area contributed by atoms with Gasteiger partial charge in [-0.2, -0.15) is 4.98 Å². The zero-order valence-electron chi connectivity index (χ0n) is 16.2. The topological polar surface area (TPSA) is 88.6 Å². The molecule has 156 valence electrons. The lowest BCUT2D eigenvalue weighted by molar-refractivity contribution is 0.0602. The van der Waals surface area contributed by atoms with Crippen molar-refractivity contribution in [2.24, 2.45) is 0 Å². The number of carbonyl (C=O) groups excluding carboxylic acids is 1. The number of anilines is 5. The summed E-state index contributed by atoms with van der Waals surface area (Å²) in [5.74, 6) is 0.587. The number of rotatable bonds is 6. The Bertz CT molecular complexity index is 1020. The Morgan fingerprint density at radius 2 is 1.97 bits per heavy atom. The first kappa shape index (κ1) is 20.6. The van der Waals surface area contributed by atoms with E-state index in [1.54, 1.807) is 12.3 Å². The third-order valence-corrected chi connectivity index (χ3v) is 5.96. The molecule has 0 spiro atoms. The Morgan fingerprint density at radius 1 is 1.20 bits per heavy atom. The Labute approximate surface area is 186 Å². The average molecular weight is 490 g/mol. The summed E-state index contributed by atoms with van der Waals surface area (Å²) in [4.78, 5) is 23.0. The SMILES string of the molecule is COC(=O)c1ccsc1Nc1nc(Nc2ccc(N3CCOCC3)cc2)ncc1Br. The van der Waals surface area contributed by atoms with Crippen LogP contribution >= 0.6 is 27.3 Å². The van der Waals surface area contributed by atoms with Gasteiger partial charge in [0.05, 0.1) is 30.4 Å². The number of methoxy groups -OCH3 is 1. The zero-order valence-corrected chi connectivity index (χ0v) is 18.6. The summed E-state index contributed by atoms with van der Waals surface area (Å²) in [6, 6.07) is 9.85. The van der Waals surface area contributed by atoms with E-state index >= 15 is 0 Å². The second-order valence-corrected chi connectivity index (χ2v) is 8.21. The Balaban J connectivity index is 1.48. The Hall–Kier alpha value is -2.69. The number of esters is 1. The number of aromatic nitrogens is 2. The van der Waals surface area contributed by atoms with Crippen molar-refractivity contribution in [1.29, 1.82) is 0 Å². The van der Waals surface area contributed by atoms with E-state index in [2.05, 4.69) is 53.6 Å². The molecule has 2 N–H and O–H groups in total. The van der Waals surface area contributed by atoms with E-state index in [1.807, 2.05) is 17.5 Å². The molecular weight excluding hydrogens is 470 g/mol. The number of carbonyl (C=O) groups is 1. The minimum Gasteiger partial charge on any atom is -0.465 e. The van der Waals surface area contributed by atoms with Crippen molar-refractivity contribution in [3.05, 3.63) is 51.9 Å². The van der Waals surface area contributed by atoms with Crippen LogP contribution in [0.25, 0.3) is 0 Å². The summed E-state index contributed by atoms with van der Waals surface area (Å²) in [7, 11) is 1.36. The first-order valence-electron chi connectivity index (χ1n) is 9.29. The zero-order chi connectivity index (χ0) is 20.9. The van der Waals surface area contributed by atoms with Crippen LogP contribution in [0, 0.1) is 0 Å². The van der Waals surface area contributed by atoms with Crippen molar-refractivity contribution in [1.82, 2.24) is 9.97 Å². The molecule has 2 aromatic heterocycles. The van der Waals surface area contributed by atoms with Crippen LogP contribution in [0.2, 0.25) is 0 Å². The summed E-state index contributed by atoms with van der Waals surface area (Å²) in [5, 5.41) is 8.86. The fraction of sp³-hybridized carbons (Fsp3) is 0.250. The molecule has 4 rings (SSSR count). The number of halogens is 1. The van der Waals surface area contributed by atoms with Crippen molar-refractivity contribution >= 4 is 61.4 Å². The summed E-state index contributed by atoms with van der Waals surface area (Å²) >= 11 is 4.85. The Morgan fingerprint density at radius 3 is 2.70 bits per heavy atom. The molecule has 10 heteroatoms. The van der Waals surface area contributed by atoms with E-state index < -0.39 is 5.97 Å². The van der Waals surface area contributed by atoms with E-state index in [1.165, 1.54) is 18.4 Å². The summed E-state index contributed by atoms with van der Waals surface area (Å²) in [6.45, 7) is 3.30. The van der Waals surface area contributed by atoms with Gasteiger partial charge in [0.15, 0.2) is 5.82 Å². The minimum atomic E-state index is -0.400. The van der Waals surface area contributed by atoms with Crippen molar-refractivity contribution in [2.75, 3.05) is 48.9 Å². The first-order valence-corrected chi connectivity index (χ1v) is 11.0. The number of nitrogens with one attached hydrogen (secondary N) is 2. The van der Waals surface area contributed by atoms with E-state index in [0.717, 1.165) is 37.7 Å². The summed E-state index contributed by atoms with van der Waals surface area (Å²) in [5.41, 5.74) is 2.50. The van der Waals surface area contributed by atoms with E-state index in [9.17, 15) is 4.79 Å². The van der Waals surface area contributed by atoms with Gasteiger partial charge in [0.1, 0.15) is 5.00 Å². The van der Waals surface area contributed by atoms with E-state index in [-0.39, 0.29) is 0 Å².